The normalized spacial score (nSPS) is 10.8. The molecule has 0 fully saturated rings. The Balaban J connectivity index is 1.57. The lowest BCUT2D eigenvalue weighted by atomic mass is 10.1. The number of carbonyl (C=O) groups is 2. The van der Waals surface area contributed by atoms with Crippen molar-refractivity contribution in [3.05, 3.63) is 110 Å². The van der Waals surface area contributed by atoms with E-state index in [1.807, 2.05) is 62.4 Å². The standard InChI is InChI=1S/C28H26ClN3O3/c1-18-7-12-25-22(15-18)27(34)23(28(35)31-24-6-4-3-5-19(24)2)16-32(25)17-26(33)30-14-13-20-8-10-21(29)11-9-20/h3-12,15-16H,13-14,17H2,1-2H3,(H,30,33)(H,31,35). The minimum Gasteiger partial charge on any atom is -0.354 e. The molecule has 3 aromatic carbocycles. The van der Waals surface area contributed by atoms with Crippen LogP contribution in [0.4, 0.5) is 5.69 Å². The lowest BCUT2D eigenvalue weighted by molar-refractivity contribution is -0.121. The smallest absolute Gasteiger partial charge is 0.261 e. The van der Waals surface area contributed by atoms with Crippen molar-refractivity contribution in [2.75, 3.05) is 11.9 Å². The third-order valence-corrected chi connectivity index (χ3v) is 6.09. The van der Waals surface area contributed by atoms with Crippen LogP contribution in [0.1, 0.15) is 27.0 Å². The molecule has 0 spiro atoms. The van der Waals surface area contributed by atoms with E-state index in [0.29, 0.717) is 34.6 Å². The first-order valence-electron chi connectivity index (χ1n) is 11.3. The Bertz CT molecular complexity index is 1460. The van der Waals surface area contributed by atoms with Gasteiger partial charge in [-0.15, -0.1) is 0 Å². The van der Waals surface area contributed by atoms with E-state index in [1.165, 1.54) is 6.20 Å². The van der Waals surface area contributed by atoms with E-state index >= 15 is 0 Å². The zero-order valence-electron chi connectivity index (χ0n) is 19.6. The molecule has 2 N–H and O–H groups in total. The first-order valence-corrected chi connectivity index (χ1v) is 11.7. The van der Waals surface area contributed by atoms with Gasteiger partial charge in [0.25, 0.3) is 5.91 Å². The summed E-state index contributed by atoms with van der Waals surface area (Å²) in [6, 6.07) is 20.3. The number of nitrogens with one attached hydrogen (secondary N) is 2. The largest absolute Gasteiger partial charge is 0.354 e. The van der Waals surface area contributed by atoms with E-state index in [4.69, 9.17) is 11.6 Å². The summed E-state index contributed by atoms with van der Waals surface area (Å²) >= 11 is 5.92. The highest BCUT2D eigenvalue weighted by atomic mass is 35.5. The molecule has 35 heavy (non-hydrogen) atoms. The van der Waals surface area contributed by atoms with Gasteiger partial charge in [-0.1, -0.05) is 53.6 Å². The lowest BCUT2D eigenvalue weighted by Crippen LogP contribution is -2.31. The number of amides is 2. The van der Waals surface area contributed by atoms with Crippen LogP contribution in [0.2, 0.25) is 5.02 Å². The van der Waals surface area contributed by atoms with Gasteiger partial charge in [-0.3, -0.25) is 14.4 Å². The highest BCUT2D eigenvalue weighted by Crippen LogP contribution is 2.17. The van der Waals surface area contributed by atoms with Crippen molar-refractivity contribution in [3.8, 4) is 0 Å². The molecule has 0 bridgehead atoms. The van der Waals surface area contributed by atoms with Crippen molar-refractivity contribution >= 4 is 40.0 Å². The van der Waals surface area contributed by atoms with Gasteiger partial charge < -0.3 is 15.2 Å². The van der Waals surface area contributed by atoms with Gasteiger partial charge >= 0.3 is 0 Å². The average molecular weight is 488 g/mol. The molecule has 0 radical (unpaired) electrons. The van der Waals surface area contributed by atoms with E-state index in [1.54, 1.807) is 22.8 Å². The number of aryl methyl sites for hydroxylation is 2. The number of anilines is 1. The number of carbonyl (C=O) groups excluding carboxylic acids is 2. The van der Waals surface area contributed by atoms with Gasteiger partial charge in [0, 0.05) is 28.8 Å². The van der Waals surface area contributed by atoms with Crippen molar-refractivity contribution in [2.45, 2.75) is 26.8 Å². The maximum atomic E-state index is 13.2. The second-order valence-corrected chi connectivity index (χ2v) is 8.95. The molecule has 0 unspecified atom stereocenters. The van der Waals surface area contributed by atoms with Crippen LogP contribution in [-0.4, -0.2) is 22.9 Å². The molecule has 1 aromatic heterocycles. The summed E-state index contributed by atoms with van der Waals surface area (Å²) in [5.41, 5.74) is 3.69. The molecule has 2 amide bonds. The number of benzene rings is 3. The van der Waals surface area contributed by atoms with Gasteiger partial charge in [0.2, 0.25) is 11.3 Å². The van der Waals surface area contributed by atoms with Gasteiger partial charge in [0.05, 0.1) is 5.52 Å². The summed E-state index contributed by atoms with van der Waals surface area (Å²) in [5, 5.41) is 6.80. The van der Waals surface area contributed by atoms with Crippen LogP contribution in [0.5, 0.6) is 0 Å². The van der Waals surface area contributed by atoms with Crippen LogP contribution in [-0.2, 0) is 17.8 Å². The van der Waals surface area contributed by atoms with Crippen molar-refractivity contribution in [2.24, 2.45) is 0 Å². The van der Waals surface area contributed by atoms with Crippen molar-refractivity contribution < 1.29 is 9.59 Å². The van der Waals surface area contributed by atoms with Gasteiger partial charge in [-0.2, -0.15) is 0 Å². The fourth-order valence-corrected chi connectivity index (χ4v) is 4.04. The predicted molar refractivity (Wildman–Crippen MR) is 140 cm³/mol. The number of rotatable bonds is 7. The molecule has 0 saturated carbocycles. The van der Waals surface area contributed by atoms with Crippen LogP contribution in [0.3, 0.4) is 0 Å². The average Bonchev–Trinajstić information content (AvgIpc) is 2.83. The zero-order valence-corrected chi connectivity index (χ0v) is 20.4. The topological polar surface area (TPSA) is 80.2 Å². The summed E-state index contributed by atoms with van der Waals surface area (Å²) in [4.78, 5) is 39.0. The predicted octanol–water partition coefficient (Wildman–Crippen LogP) is 4.88. The third kappa shape index (κ3) is 5.78. The highest BCUT2D eigenvalue weighted by Gasteiger charge is 2.17. The molecule has 0 saturated heterocycles. The molecule has 4 rings (SSSR count). The Hall–Kier alpha value is -3.90. The molecule has 7 heteroatoms. The minimum atomic E-state index is -0.510. The number of para-hydroxylation sites is 1. The van der Waals surface area contributed by atoms with Crippen LogP contribution >= 0.6 is 11.6 Å². The van der Waals surface area contributed by atoms with E-state index < -0.39 is 5.91 Å². The summed E-state index contributed by atoms with van der Waals surface area (Å²) in [6.07, 6.45) is 2.13. The Labute approximate surface area is 208 Å². The lowest BCUT2D eigenvalue weighted by Gasteiger charge is -2.15. The molecule has 178 valence electrons. The molecule has 0 atom stereocenters. The molecule has 4 aromatic rings. The summed E-state index contributed by atoms with van der Waals surface area (Å²) in [5.74, 6) is -0.723. The van der Waals surface area contributed by atoms with Crippen molar-refractivity contribution in [1.29, 1.82) is 0 Å². The number of fused-ring (bicyclic) bond motifs is 1. The van der Waals surface area contributed by atoms with Crippen LogP contribution in [0.15, 0.2) is 77.7 Å². The number of hydrogen-bond donors (Lipinski definition) is 2. The maximum Gasteiger partial charge on any atom is 0.261 e. The SMILES string of the molecule is Cc1ccc2c(c1)c(=O)c(C(=O)Nc1ccccc1C)cn2CC(=O)NCCc1ccc(Cl)cc1. The second kappa shape index (κ2) is 10.6. The van der Waals surface area contributed by atoms with Crippen molar-refractivity contribution in [3.63, 3.8) is 0 Å². The molecule has 1 heterocycles. The fourth-order valence-electron chi connectivity index (χ4n) is 3.91. The van der Waals surface area contributed by atoms with E-state index in [0.717, 1.165) is 16.7 Å². The number of pyridine rings is 1. The monoisotopic (exact) mass is 487 g/mol. The number of halogens is 1. The summed E-state index contributed by atoms with van der Waals surface area (Å²) in [6.45, 7) is 4.20. The Morgan fingerprint density at radius 2 is 1.71 bits per heavy atom. The fraction of sp³-hybridized carbons (Fsp3) is 0.179. The minimum absolute atomic E-state index is 0.0136. The third-order valence-electron chi connectivity index (χ3n) is 5.84. The molecule has 0 aliphatic rings. The number of hydrogen-bond acceptors (Lipinski definition) is 3. The number of aromatic nitrogens is 1. The molecular weight excluding hydrogens is 462 g/mol. The van der Waals surface area contributed by atoms with E-state index in [-0.39, 0.29) is 23.4 Å². The first-order chi connectivity index (χ1) is 16.8. The molecular formula is C28H26ClN3O3. The van der Waals surface area contributed by atoms with Gasteiger partial charge in [0.1, 0.15) is 12.1 Å². The summed E-state index contributed by atoms with van der Waals surface area (Å²) in [7, 11) is 0. The number of nitrogens with zero attached hydrogens (tertiary/aromatic N) is 1. The van der Waals surface area contributed by atoms with Gasteiger partial charge in [-0.25, -0.2) is 0 Å². The van der Waals surface area contributed by atoms with E-state index in [9.17, 15) is 14.4 Å². The van der Waals surface area contributed by atoms with Crippen LogP contribution in [0.25, 0.3) is 10.9 Å². The second-order valence-electron chi connectivity index (χ2n) is 8.52. The Kier molecular flexibility index (Phi) is 7.32. The van der Waals surface area contributed by atoms with Crippen LogP contribution in [0, 0.1) is 13.8 Å². The van der Waals surface area contributed by atoms with E-state index in [2.05, 4.69) is 10.6 Å². The van der Waals surface area contributed by atoms with Gasteiger partial charge in [-0.05, 0) is 61.7 Å². The quantitative estimate of drug-likeness (QED) is 0.390. The maximum absolute atomic E-state index is 13.2. The zero-order chi connectivity index (χ0) is 24.9. The Morgan fingerprint density at radius 3 is 2.46 bits per heavy atom. The van der Waals surface area contributed by atoms with Crippen LogP contribution < -0.4 is 16.1 Å². The Morgan fingerprint density at radius 1 is 0.971 bits per heavy atom. The molecule has 6 nitrogen and oxygen atoms in total. The molecule has 0 aliphatic carbocycles. The van der Waals surface area contributed by atoms with Crippen molar-refractivity contribution in [1.82, 2.24) is 9.88 Å². The first kappa shape index (κ1) is 24.2. The molecule has 0 aliphatic heterocycles. The van der Waals surface area contributed by atoms with Gasteiger partial charge in [0.15, 0.2) is 0 Å². The highest BCUT2D eigenvalue weighted by molar-refractivity contribution is 6.30. The summed E-state index contributed by atoms with van der Waals surface area (Å²) < 4.78 is 1.65.